The van der Waals surface area contributed by atoms with Crippen molar-refractivity contribution >= 4 is 29.1 Å². The average Bonchev–Trinajstić information content (AvgIpc) is 2.71. The molecule has 16 heavy (non-hydrogen) atoms. The molecule has 1 N–H and O–H groups in total. The molecule has 92 valence electrons. The van der Waals surface area contributed by atoms with Gasteiger partial charge in [0.15, 0.2) is 0 Å². The fourth-order valence-electron chi connectivity index (χ4n) is 1.83. The number of hydrogen-bond donors (Lipinski definition) is 1. The van der Waals surface area contributed by atoms with Crippen molar-refractivity contribution in [2.45, 2.75) is 17.7 Å². The van der Waals surface area contributed by atoms with Gasteiger partial charge in [-0.3, -0.25) is 10.2 Å². The Kier molecular flexibility index (Phi) is 3.12. The zero-order valence-electron chi connectivity index (χ0n) is 9.59. The molecule has 0 unspecified atom stereocenters. The maximum absolute atomic E-state index is 12.0. The summed E-state index contributed by atoms with van der Waals surface area (Å²) >= 11 is 11.9. The topological polar surface area (TPSA) is 35.6 Å². The van der Waals surface area contributed by atoms with E-state index >= 15 is 0 Å². The van der Waals surface area contributed by atoms with Crippen LogP contribution >= 0.6 is 23.2 Å². The van der Waals surface area contributed by atoms with Gasteiger partial charge in [-0.05, 0) is 20.4 Å². The fraction of sp³-hybridized carbons (Fsp3) is 0.900. The van der Waals surface area contributed by atoms with E-state index in [2.05, 4.69) is 17.4 Å². The zero-order chi connectivity index (χ0) is 12.0. The van der Waals surface area contributed by atoms with Gasteiger partial charge in [0, 0.05) is 26.2 Å². The Morgan fingerprint density at radius 3 is 2.19 bits per heavy atom. The van der Waals surface area contributed by atoms with Crippen molar-refractivity contribution in [3.8, 4) is 0 Å². The summed E-state index contributed by atoms with van der Waals surface area (Å²) in [4.78, 5) is 14.2. The molecule has 1 aliphatic carbocycles. The molecule has 0 spiro atoms. The van der Waals surface area contributed by atoms with Crippen LogP contribution in [0.25, 0.3) is 0 Å². The number of nitrogens with one attached hydrogen (secondary N) is 1. The number of carbonyl (C=O) groups is 1. The lowest BCUT2D eigenvalue weighted by Crippen LogP contribution is -2.54. The maximum atomic E-state index is 12.0. The third-order valence-corrected chi connectivity index (χ3v) is 4.62. The van der Waals surface area contributed by atoms with Crippen molar-refractivity contribution < 1.29 is 4.79 Å². The second-order valence-electron chi connectivity index (χ2n) is 4.94. The zero-order valence-corrected chi connectivity index (χ0v) is 11.1. The van der Waals surface area contributed by atoms with Gasteiger partial charge in [-0.2, -0.15) is 0 Å². The Labute approximate surface area is 106 Å². The number of hydrogen-bond acceptors (Lipinski definition) is 3. The SMILES string of the molecule is CN1CCN(NC(=O)[C@]2(C)CC2(Cl)Cl)CC1. The van der Waals surface area contributed by atoms with Crippen LogP contribution in [0.5, 0.6) is 0 Å². The van der Waals surface area contributed by atoms with Crippen molar-refractivity contribution in [3.63, 3.8) is 0 Å². The molecule has 1 amide bonds. The molecule has 1 atom stereocenters. The molecule has 0 radical (unpaired) electrons. The van der Waals surface area contributed by atoms with E-state index in [0.29, 0.717) is 6.42 Å². The predicted octanol–water partition coefficient (Wildman–Crippen LogP) is 0.849. The molecule has 1 aliphatic heterocycles. The third kappa shape index (κ3) is 2.16. The summed E-state index contributed by atoms with van der Waals surface area (Å²) in [5.41, 5.74) is 2.27. The number of piperazine rings is 1. The minimum Gasteiger partial charge on any atom is -0.304 e. The van der Waals surface area contributed by atoms with Crippen LogP contribution in [0.3, 0.4) is 0 Å². The van der Waals surface area contributed by atoms with Gasteiger partial charge in [-0.25, -0.2) is 5.01 Å². The normalized spacial score (nSPS) is 34.8. The Morgan fingerprint density at radius 2 is 1.75 bits per heavy atom. The molecule has 4 nitrogen and oxygen atoms in total. The lowest BCUT2D eigenvalue weighted by molar-refractivity contribution is -0.131. The van der Waals surface area contributed by atoms with E-state index in [4.69, 9.17) is 23.2 Å². The van der Waals surface area contributed by atoms with E-state index in [0.717, 1.165) is 26.2 Å². The van der Waals surface area contributed by atoms with Gasteiger partial charge in [-0.15, -0.1) is 23.2 Å². The summed E-state index contributed by atoms with van der Waals surface area (Å²) in [5.74, 6) is -0.0675. The third-order valence-electron chi connectivity index (χ3n) is 3.52. The summed E-state index contributed by atoms with van der Waals surface area (Å²) in [6, 6.07) is 0. The number of nitrogens with zero attached hydrogens (tertiary/aromatic N) is 2. The van der Waals surface area contributed by atoms with Crippen molar-refractivity contribution in [2.24, 2.45) is 5.41 Å². The molecule has 2 aliphatic rings. The highest BCUT2D eigenvalue weighted by Gasteiger charge is 2.68. The Balaban J connectivity index is 1.85. The van der Waals surface area contributed by atoms with Gasteiger partial charge in [0.2, 0.25) is 5.91 Å². The van der Waals surface area contributed by atoms with Gasteiger partial charge < -0.3 is 4.90 Å². The molecular weight excluding hydrogens is 249 g/mol. The van der Waals surface area contributed by atoms with Gasteiger partial charge in [0.1, 0.15) is 4.33 Å². The number of hydrazine groups is 1. The molecule has 0 aromatic heterocycles. The standard InChI is InChI=1S/C10H17Cl2N3O/c1-9(7-10(9,11)12)8(16)13-15-5-3-14(2)4-6-15/h3-7H2,1-2H3,(H,13,16)/t9-/m0/s1. The molecule has 1 heterocycles. The Hall–Kier alpha value is -0.0300. The quantitative estimate of drug-likeness (QED) is 0.753. The molecule has 0 aromatic carbocycles. The smallest absolute Gasteiger partial charge is 0.243 e. The molecule has 0 bridgehead atoms. The van der Waals surface area contributed by atoms with Crippen molar-refractivity contribution in [3.05, 3.63) is 0 Å². The lowest BCUT2D eigenvalue weighted by atomic mass is 10.1. The predicted molar refractivity (Wildman–Crippen MR) is 64.4 cm³/mol. The van der Waals surface area contributed by atoms with Gasteiger partial charge in [-0.1, -0.05) is 0 Å². The molecule has 0 aromatic rings. The minimum atomic E-state index is -0.885. The summed E-state index contributed by atoms with van der Waals surface area (Å²) in [6.07, 6.45) is 0.530. The van der Waals surface area contributed by atoms with E-state index < -0.39 is 9.75 Å². The average molecular weight is 266 g/mol. The van der Waals surface area contributed by atoms with Gasteiger partial charge >= 0.3 is 0 Å². The van der Waals surface area contributed by atoms with Crippen LogP contribution in [-0.4, -0.2) is 53.4 Å². The first-order valence-corrected chi connectivity index (χ1v) is 6.23. The summed E-state index contributed by atoms with van der Waals surface area (Å²) < 4.78 is -0.885. The first kappa shape index (κ1) is 12.4. The van der Waals surface area contributed by atoms with E-state index in [-0.39, 0.29) is 5.91 Å². The fourth-order valence-corrected chi connectivity index (χ4v) is 2.54. The van der Waals surface area contributed by atoms with Gasteiger partial charge in [0.25, 0.3) is 0 Å². The number of rotatable bonds is 2. The number of halogens is 2. The molecule has 2 rings (SSSR count). The van der Waals surface area contributed by atoms with Gasteiger partial charge in [0.05, 0.1) is 5.41 Å². The summed E-state index contributed by atoms with van der Waals surface area (Å²) in [6.45, 7) is 5.41. The molecule has 1 saturated heterocycles. The molecule has 2 fully saturated rings. The van der Waals surface area contributed by atoms with Crippen molar-refractivity contribution in [1.82, 2.24) is 15.3 Å². The van der Waals surface area contributed by atoms with Crippen LogP contribution in [0.4, 0.5) is 0 Å². The van der Waals surface area contributed by atoms with E-state index in [1.54, 1.807) is 6.92 Å². The van der Waals surface area contributed by atoms with Crippen LogP contribution in [0.1, 0.15) is 13.3 Å². The second-order valence-corrected chi connectivity index (χ2v) is 6.43. The monoisotopic (exact) mass is 265 g/mol. The van der Waals surface area contributed by atoms with Crippen molar-refractivity contribution in [1.29, 1.82) is 0 Å². The number of amides is 1. The number of likely N-dealkylation sites (N-methyl/N-ethyl adjacent to an activating group) is 1. The highest BCUT2D eigenvalue weighted by atomic mass is 35.5. The molecule has 1 saturated carbocycles. The first-order chi connectivity index (χ1) is 7.35. The Morgan fingerprint density at radius 1 is 1.25 bits per heavy atom. The van der Waals surface area contributed by atoms with Crippen LogP contribution < -0.4 is 5.43 Å². The van der Waals surface area contributed by atoms with Crippen LogP contribution in [0, 0.1) is 5.41 Å². The van der Waals surface area contributed by atoms with Crippen LogP contribution in [0.15, 0.2) is 0 Å². The van der Waals surface area contributed by atoms with E-state index in [1.165, 1.54) is 0 Å². The first-order valence-electron chi connectivity index (χ1n) is 5.47. The van der Waals surface area contributed by atoms with Crippen molar-refractivity contribution in [2.75, 3.05) is 33.2 Å². The molecular formula is C10H17Cl2N3O. The summed E-state index contributed by atoms with van der Waals surface area (Å²) in [5, 5.41) is 1.94. The van der Waals surface area contributed by atoms with Crippen LogP contribution in [0.2, 0.25) is 0 Å². The highest BCUT2D eigenvalue weighted by molar-refractivity contribution is 6.53. The largest absolute Gasteiger partial charge is 0.304 e. The van der Waals surface area contributed by atoms with Crippen LogP contribution in [-0.2, 0) is 4.79 Å². The van der Waals surface area contributed by atoms with E-state index in [9.17, 15) is 4.79 Å². The molecule has 6 heteroatoms. The minimum absolute atomic E-state index is 0.0675. The number of carbonyl (C=O) groups excluding carboxylic acids is 1. The lowest BCUT2D eigenvalue weighted by Gasteiger charge is -2.33. The highest BCUT2D eigenvalue weighted by Crippen LogP contribution is 2.63. The Bertz CT molecular complexity index is 302. The summed E-state index contributed by atoms with van der Waals surface area (Å²) in [7, 11) is 2.07. The maximum Gasteiger partial charge on any atom is 0.243 e. The van der Waals surface area contributed by atoms with E-state index in [1.807, 2.05) is 5.01 Å². The number of alkyl halides is 2. The second kappa shape index (κ2) is 4.02.